The van der Waals surface area contributed by atoms with Crippen LogP contribution in [0.1, 0.15) is 12.5 Å². The first-order chi connectivity index (χ1) is 7.13. The van der Waals surface area contributed by atoms with Crippen LogP contribution in [0.5, 0.6) is 5.75 Å². The summed E-state index contributed by atoms with van der Waals surface area (Å²) in [6.45, 7) is 1.81. The minimum atomic E-state index is -0.275. The topological polar surface area (TPSA) is 52.3 Å². The highest BCUT2D eigenvalue weighted by molar-refractivity contribution is 7.99. The largest absolute Gasteiger partial charge is 0.497 e. The van der Waals surface area contributed by atoms with Gasteiger partial charge >= 0.3 is 0 Å². The lowest BCUT2D eigenvalue weighted by Crippen LogP contribution is -2.22. The lowest BCUT2D eigenvalue weighted by molar-refractivity contribution is -0.117. The van der Waals surface area contributed by atoms with Gasteiger partial charge in [0.25, 0.3) is 0 Å². The number of nitrogens with two attached hydrogens (primary N) is 1. The fourth-order valence-electron chi connectivity index (χ4n) is 1.07. The lowest BCUT2D eigenvalue weighted by atomic mass is 10.2. The molecule has 1 aromatic rings. The molecule has 15 heavy (non-hydrogen) atoms. The molecule has 0 heterocycles. The summed E-state index contributed by atoms with van der Waals surface area (Å²) < 4.78 is 5.11. The van der Waals surface area contributed by atoms with E-state index >= 15 is 0 Å². The third-order valence-electron chi connectivity index (χ3n) is 2.03. The van der Waals surface area contributed by atoms with Crippen LogP contribution in [0.2, 0.25) is 0 Å². The van der Waals surface area contributed by atoms with E-state index in [2.05, 4.69) is 0 Å². The van der Waals surface area contributed by atoms with Crippen LogP contribution in [0.15, 0.2) is 24.3 Å². The van der Waals surface area contributed by atoms with Crippen molar-refractivity contribution in [2.75, 3.05) is 7.11 Å². The Morgan fingerprint density at radius 3 is 2.93 bits per heavy atom. The second-order valence-corrected chi connectivity index (χ2v) is 4.54. The number of benzene rings is 1. The first-order valence-corrected chi connectivity index (χ1v) is 5.72. The van der Waals surface area contributed by atoms with Crippen molar-refractivity contribution < 1.29 is 9.53 Å². The predicted octanol–water partition coefficient (Wildman–Crippen LogP) is 1.80. The van der Waals surface area contributed by atoms with Gasteiger partial charge in [0.2, 0.25) is 5.91 Å². The standard InChI is InChI=1S/C11H15NO2S/c1-8(11(12)13)15-7-9-4-3-5-10(6-9)14-2/h3-6,8H,7H2,1-2H3,(H2,12,13)/t8-/m0/s1. The number of rotatable bonds is 5. The molecule has 0 aliphatic rings. The van der Waals surface area contributed by atoms with Crippen LogP contribution in [-0.2, 0) is 10.5 Å². The number of amides is 1. The minimum Gasteiger partial charge on any atom is -0.497 e. The summed E-state index contributed by atoms with van der Waals surface area (Å²) in [5.41, 5.74) is 6.30. The van der Waals surface area contributed by atoms with Gasteiger partial charge in [0, 0.05) is 5.75 Å². The molecule has 0 saturated carbocycles. The molecule has 1 rings (SSSR count). The number of hydrogen-bond donors (Lipinski definition) is 1. The summed E-state index contributed by atoms with van der Waals surface area (Å²) in [5, 5.41) is -0.156. The number of carbonyl (C=O) groups is 1. The van der Waals surface area contributed by atoms with Crippen molar-refractivity contribution in [3.8, 4) is 5.75 Å². The van der Waals surface area contributed by atoms with Crippen LogP contribution in [-0.4, -0.2) is 18.3 Å². The number of thioether (sulfide) groups is 1. The van der Waals surface area contributed by atoms with E-state index in [-0.39, 0.29) is 11.2 Å². The number of ether oxygens (including phenoxy) is 1. The Morgan fingerprint density at radius 2 is 2.33 bits per heavy atom. The summed E-state index contributed by atoms with van der Waals surface area (Å²) in [5.74, 6) is 1.32. The van der Waals surface area contributed by atoms with E-state index in [4.69, 9.17) is 10.5 Å². The molecule has 0 aromatic heterocycles. The molecular formula is C11H15NO2S. The molecule has 1 atom stereocenters. The average molecular weight is 225 g/mol. The van der Waals surface area contributed by atoms with Crippen LogP contribution >= 0.6 is 11.8 Å². The van der Waals surface area contributed by atoms with Crippen LogP contribution in [0, 0.1) is 0 Å². The summed E-state index contributed by atoms with van der Waals surface area (Å²) in [7, 11) is 1.64. The third-order valence-corrected chi connectivity index (χ3v) is 3.27. The molecule has 0 spiro atoms. The number of hydrogen-bond acceptors (Lipinski definition) is 3. The molecule has 3 nitrogen and oxygen atoms in total. The SMILES string of the molecule is COc1cccc(CS[C@@H](C)C(N)=O)c1. The summed E-state index contributed by atoms with van der Waals surface area (Å²) >= 11 is 1.53. The molecule has 0 saturated heterocycles. The maximum absolute atomic E-state index is 10.8. The number of carbonyl (C=O) groups excluding carboxylic acids is 1. The molecule has 1 aromatic carbocycles. The molecule has 0 aliphatic heterocycles. The van der Waals surface area contributed by atoms with E-state index in [1.54, 1.807) is 7.11 Å². The third kappa shape index (κ3) is 3.83. The Balaban J connectivity index is 2.53. The molecule has 0 radical (unpaired) electrons. The highest BCUT2D eigenvalue weighted by Gasteiger charge is 2.08. The van der Waals surface area contributed by atoms with Crippen molar-refractivity contribution in [3.05, 3.63) is 29.8 Å². The van der Waals surface area contributed by atoms with E-state index in [9.17, 15) is 4.79 Å². The normalized spacial score (nSPS) is 12.1. The zero-order chi connectivity index (χ0) is 11.3. The summed E-state index contributed by atoms with van der Waals surface area (Å²) in [6, 6.07) is 7.79. The van der Waals surface area contributed by atoms with Gasteiger partial charge < -0.3 is 10.5 Å². The van der Waals surface area contributed by atoms with Crippen molar-refractivity contribution in [1.29, 1.82) is 0 Å². The maximum atomic E-state index is 10.8. The quantitative estimate of drug-likeness (QED) is 0.831. The second-order valence-electron chi connectivity index (χ2n) is 3.21. The zero-order valence-electron chi connectivity index (χ0n) is 8.90. The summed E-state index contributed by atoms with van der Waals surface area (Å²) in [4.78, 5) is 10.8. The van der Waals surface area contributed by atoms with Gasteiger partial charge in [0.05, 0.1) is 12.4 Å². The molecule has 1 amide bonds. The molecular weight excluding hydrogens is 210 g/mol. The Morgan fingerprint density at radius 1 is 1.60 bits per heavy atom. The lowest BCUT2D eigenvalue weighted by Gasteiger charge is -2.07. The van der Waals surface area contributed by atoms with E-state index < -0.39 is 0 Å². The van der Waals surface area contributed by atoms with Crippen molar-refractivity contribution in [1.82, 2.24) is 0 Å². The van der Waals surface area contributed by atoms with Crippen LogP contribution in [0.3, 0.4) is 0 Å². The molecule has 0 fully saturated rings. The monoisotopic (exact) mass is 225 g/mol. The van der Waals surface area contributed by atoms with Crippen LogP contribution in [0.25, 0.3) is 0 Å². The number of methoxy groups -OCH3 is 1. The van der Waals surface area contributed by atoms with Crippen molar-refractivity contribution in [2.45, 2.75) is 17.9 Å². The fourth-order valence-corrected chi connectivity index (χ4v) is 1.85. The Hall–Kier alpha value is -1.16. The Bertz CT molecular complexity index is 341. The highest BCUT2D eigenvalue weighted by Crippen LogP contribution is 2.20. The van der Waals surface area contributed by atoms with Gasteiger partial charge in [-0.1, -0.05) is 12.1 Å². The molecule has 0 unspecified atom stereocenters. The van der Waals surface area contributed by atoms with Crippen LogP contribution < -0.4 is 10.5 Å². The van der Waals surface area contributed by atoms with E-state index in [0.717, 1.165) is 17.1 Å². The van der Waals surface area contributed by atoms with Gasteiger partial charge in [-0.3, -0.25) is 4.79 Å². The molecule has 2 N–H and O–H groups in total. The minimum absolute atomic E-state index is 0.156. The van der Waals surface area contributed by atoms with Crippen molar-refractivity contribution in [3.63, 3.8) is 0 Å². The fraction of sp³-hybridized carbons (Fsp3) is 0.364. The van der Waals surface area contributed by atoms with Crippen LogP contribution in [0.4, 0.5) is 0 Å². The second kappa shape index (κ2) is 5.66. The highest BCUT2D eigenvalue weighted by atomic mass is 32.2. The molecule has 82 valence electrons. The average Bonchev–Trinajstić information content (AvgIpc) is 2.26. The Labute approximate surface area is 94.0 Å². The van der Waals surface area contributed by atoms with Gasteiger partial charge in [0.15, 0.2) is 0 Å². The molecule has 4 heteroatoms. The van der Waals surface area contributed by atoms with Gasteiger partial charge in [-0.05, 0) is 24.6 Å². The van der Waals surface area contributed by atoms with E-state index in [1.807, 2.05) is 31.2 Å². The van der Waals surface area contributed by atoms with Gasteiger partial charge in [-0.15, -0.1) is 11.8 Å². The van der Waals surface area contributed by atoms with Gasteiger partial charge in [0.1, 0.15) is 5.75 Å². The first kappa shape index (κ1) is 11.9. The Kier molecular flexibility index (Phi) is 4.49. The van der Waals surface area contributed by atoms with Crippen molar-refractivity contribution >= 4 is 17.7 Å². The van der Waals surface area contributed by atoms with E-state index in [0.29, 0.717) is 0 Å². The predicted molar refractivity (Wildman–Crippen MR) is 62.9 cm³/mol. The van der Waals surface area contributed by atoms with E-state index in [1.165, 1.54) is 11.8 Å². The molecule has 0 bridgehead atoms. The van der Waals surface area contributed by atoms with Crippen molar-refractivity contribution in [2.24, 2.45) is 5.73 Å². The maximum Gasteiger partial charge on any atom is 0.230 e. The first-order valence-electron chi connectivity index (χ1n) is 4.67. The zero-order valence-corrected chi connectivity index (χ0v) is 9.71. The summed E-state index contributed by atoms with van der Waals surface area (Å²) in [6.07, 6.45) is 0. The smallest absolute Gasteiger partial charge is 0.230 e. The molecule has 0 aliphatic carbocycles. The number of primary amides is 1. The van der Waals surface area contributed by atoms with Gasteiger partial charge in [-0.2, -0.15) is 0 Å². The van der Waals surface area contributed by atoms with Gasteiger partial charge in [-0.25, -0.2) is 0 Å².